The summed E-state index contributed by atoms with van der Waals surface area (Å²) in [4.78, 5) is 17.0. The van der Waals surface area contributed by atoms with Crippen molar-refractivity contribution in [3.8, 4) is 17.0 Å². The molecule has 3 nitrogen and oxygen atoms in total. The van der Waals surface area contributed by atoms with Gasteiger partial charge in [0.1, 0.15) is 0 Å². The lowest BCUT2D eigenvalue weighted by Crippen LogP contribution is -2.24. The Morgan fingerprint density at radius 2 is 1.83 bits per heavy atom. The van der Waals surface area contributed by atoms with E-state index in [9.17, 15) is 18.7 Å². The van der Waals surface area contributed by atoms with Crippen LogP contribution in [0.5, 0.6) is 5.75 Å². The minimum Gasteiger partial charge on any atom is -0.503 e. The van der Waals surface area contributed by atoms with E-state index in [1.54, 1.807) is 12.1 Å². The van der Waals surface area contributed by atoms with Gasteiger partial charge >= 0.3 is 0 Å². The molecule has 124 valence electrons. The Kier molecular flexibility index (Phi) is 3.59. The summed E-state index contributed by atoms with van der Waals surface area (Å²) in [6.07, 6.45) is 4.92. The minimum absolute atomic E-state index is 0.0845. The van der Waals surface area contributed by atoms with Crippen molar-refractivity contribution in [2.75, 3.05) is 0 Å². The molecule has 0 amide bonds. The first-order valence-corrected chi connectivity index (χ1v) is 8.25. The Balaban J connectivity index is 1.66. The van der Waals surface area contributed by atoms with Crippen LogP contribution in [0, 0.1) is 23.5 Å². The number of rotatable bonds is 3. The van der Waals surface area contributed by atoms with Crippen LogP contribution < -0.4 is 0 Å². The van der Waals surface area contributed by atoms with Gasteiger partial charge in [0.25, 0.3) is 0 Å². The molecule has 1 N–H and O–H groups in total. The zero-order chi connectivity index (χ0) is 16.8. The van der Waals surface area contributed by atoms with Crippen molar-refractivity contribution in [3.63, 3.8) is 0 Å². The third kappa shape index (κ3) is 2.68. The number of hydrogen-bond acceptors (Lipinski definition) is 3. The second-order valence-corrected chi connectivity index (χ2v) is 6.76. The van der Waals surface area contributed by atoms with E-state index in [0.717, 1.165) is 25.0 Å². The zero-order valence-electron chi connectivity index (χ0n) is 13.1. The van der Waals surface area contributed by atoms with Crippen molar-refractivity contribution < 1.29 is 18.7 Å². The minimum atomic E-state index is -1.02. The van der Waals surface area contributed by atoms with E-state index >= 15 is 0 Å². The highest BCUT2D eigenvalue weighted by atomic mass is 19.1. The largest absolute Gasteiger partial charge is 0.503 e. The number of aryl methyl sites for hydroxylation is 1. The second-order valence-electron chi connectivity index (χ2n) is 6.76. The van der Waals surface area contributed by atoms with Crippen LogP contribution in [0.25, 0.3) is 11.3 Å². The van der Waals surface area contributed by atoms with Crippen molar-refractivity contribution >= 4 is 5.78 Å². The molecule has 1 heterocycles. The molecule has 4 rings (SSSR count). The van der Waals surface area contributed by atoms with Gasteiger partial charge in [-0.3, -0.25) is 9.78 Å². The molecule has 2 aromatic rings. The number of hydrogen-bond donors (Lipinski definition) is 1. The average Bonchev–Trinajstić information content (AvgIpc) is 3.38. The van der Waals surface area contributed by atoms with Crippen molar-refractivity contribution in [3.05, 3.63) is 47.2 Å². The Morgan fingerprint density at radius 1 is 1.12 bits per heavy atom. The van der Waals surface area contributed by atoms with Crippen LogP contribution in [-0.4, -0.2) is 15.9 Å². The fraction of sp³-hybridized carbons (Fsp3) is 0.368. The maximum absolute atomic E-state index is 13.5. The number of carbonyl (C=O) groups is 1. The molecule has 0 aliphatic heterocycles. The second kappa shape index (κ2) is 5.65. The Hall–Kier alpha value is -2.30. The molecule has 5 heteroatoms. The number of ketones is 1. The number of nitrogens with zero attached hydrogens (tertiary/aromatic N) is 1. The van der Waals surface area contributed by atoms with Gasteiger partial charge in [0.05, 0.1) is 11.4 Å². The molecule has 0 radical (unpaired) electrons. The molecule has 1 unspecified atom stereocenters. The summed E-state index contributed by atoms with van der Waals surface area (Å²) in [5.74, 6) is -2.10. The van der Waals surface area contributed by atoms with Crippen molar-refractivity contribution in [1.29, 1.82) is 0 Å². The van der Waals surface area contributed by atoms with Crippen molar-refractivity contribution in [1.82, 2.24) is 4.98 Å². The molecule has 2 aliphatic carbocycles. The number of aromatic hydroxyl groups is 1. The lowest BCUT2D eigenvalue weighted by Gasteiger charge is -2.23. The van der Waals surface area contributed by atoms with E-state index in [0.29, 0.717) is 29.3 Å². The van der Waals surface area contributed by atoms with Crippen LogP contribution in [0.1, 0.15) is 41.7 Å². The van der Waals surface area contributed by atoms with Gasteiger partial charge < -0.3 is 5.11 Å². The van der Waals surface area contributed by atoms with Gasteiger partial charge in [-0.2, -0.15) is 0 Å². The summed E-state index contributed by atoms with van der Waals surface area (Å²) in [5.41, 5.74) is 1.98. The predicted octanol–water partition coefficient (Wildman–Crippen LogP) is 4.28. The number of benzene rings is 1. The number of phenols is 1. The van der Waals surface area contributed by atoms with Crippen LogP contribution in [0.3, 0.4) is 0 Å². The number of phenolic OH excluding ortho intramolecular Hbond substituents is 1. The van der Waals surface area contributed by atoms with Gasteiger partial charge in [-0.15, -0.1) is 0 Å². The molecule has 2 aliphatic rings. The number of aromatic nitrogens is 1. The van der Waals surface area contributed by atoms with Crippen LogP contribution in [-0.2, 0) is 6.42 Å². The molecule has 1 fully saturated rings. The molecule has 1 aromatic carbocycles. The first kappa shape index (κ1) is 15.2. The third-order valence-corrected chi connectivity index (χ3v) is 4.97. The fourth-order valence-corrected chi connectivity index (χ4v) is 3.43. The fourth-order valence-electron chi connectivity index (χ4n) is 3.43. The molecule has 1 saturated carbocycles. The number of halogens is 2. The summed E-state index contributed by atoms with van der Waals surface area (Å²) >= 11 is 0. The van der Waals surface area contributed by atoms with E-state index in [2.05, 4.69) is 4.98 Å². The third-order valence-electron chi connectivity index (χ3n) is 4.97. The standard InChI is InChI=1S/C19H17F2NO2/c20-14-8-12(9-15(21)19(14)24)16-6-4-13-17(22-16)5-3-11(18(13)23)7-10-1-2-10/h4,6,8-11,24H,1-3,5,7H2. The number of pyridine rings is 1. The van der Waals surface area contributed by atoms with Crippen LogP contribution in [0.2, 0.25) is 0 Å². The smallest absolute Gasteiger partial charge is 0.187 e. The summed E-state index contributed by atoms with van der Waals surface area (Å²) in [6.45, 7) is 0. The molecule has 0 saturated heterocycles. The van der Waals surface area contributed by atoms with E-state index in [-0.39, 0.29) is 17.3 Å². The van der Waals surface area contributed by atoms with Crippen molar-refractivity contribution in [2.24, 2.45) is 11.8 Å². The van der Waals surface area contributed by atoms with Gasteiger partial charge in [0.2, 0.25) is 0 Å². The normalized spacial score (nSPS) is 20.1. The first-order valence-electron chi connectivity index (χ1n) is 8.25. The lowest BCUT2D eigenvalue weighted by molar-refractivity contribution is 0.0889. The van der Waals surface area contributed by atoms with E-state index < -0.39 is 17.4 Å². The molecule has 1 aromatic heterocycles. The zero-order valence-corrected chi connectivity index (χ0v) is 13.1. The molecular weight excluding hydrogens is 312 g/mol. The average molecular weight is 329 g/mol. The SMILES string of the molecule is O=C1c2ccc(-c3cc(F)c(O)c(F)c3)nc2CCC1CC1CC1. The van der Waals surface area contributed by atoms with Crippen LogP contribution in [0.15, 0.2) is 24.3 Å². The topological polar surface area (TPSA) is 50.2 Å². The highest BCUT2D eigenvalue weighted by molar-refractivity contribution is 6.00. The van der Waals surface area contributed by atoms with E-state index in [4.69, 9.17) is 0 Å². The van der Waals surface area contributed by atoms with Crippen LogP contribution in [0.4, 0.5) is 8.78 Å². The Bertz CT molecular complexity index is 807. The molecule has 1 atom stereocenters. The highest BCUT2D eigenvalue weighted by Gasteiger charge is 2.33. The molecule has 0 spiro atoms. The van der Waals surface area contributed by atoms with Gasteiger partial charge in [0, 0.05) is 17.0 Å². The van der Waals surface area contributed by atoms with Crippen molar-refractivity contribution in [2.45, 2.75) is 32.1 Å². The molecular formula is C19H17F2NO2. The maximum atomic E-state index is 13.5. The summed E-state index contributed by atoms with van der Waals surface area (Å²) < 4.78 is 27.1. The number of Topliss-reactive ketones (excluding diaryl/α,β-unsaturated/α-hetero) is 1. The Labute approximate surface area is 138 Å². The van der Waals surface area contributed by atoms with Gasteiger partial charge in [-0.05, 0) is 49.4 Å². The van der Waals surface area contributed by atoms with Gasteiger partial charge in [-0.1, -0.05) is 12.8 Å². The van der Waals surface area contributed by atoms with E-state index in [1.807, 2.05) is 0 Å². The monoisotopic (exact) mass is 329 g/mol. The number of carbonyl (C=O) groups excluding carboxylic acids is 1. The quantitative estimate of drug-likeness (QED) is 0.914. The molecule has 0 bridgehead atoms. The summed E-state index contributed by atoms with van der Waals surface area (Å²) in [5, 5.41) is 9.20. The maximum Gasteiger partial charge on any atom is 0.187 e. The first-order chi connectivity index (χ1) is 11.5. The summed E-state index contributed by atoms with van der Waals surface area (Å²) in [7, 11) is 0. The summed E-state index contributed by atoms with van der Waals surface area (Å²) in [6, 6.07) is 5.42. The molecule has 24 heavy (non-hydrogen) atoms. The van der Waals surface area contributed by atoms with Crippen LogP contribution >= 0.6 is 0 Å². The highest BCUT2D eigenvalue weighted by Crippen LogP contribution is 2.39. The van der Waals surface area contributed by atoms with Gasteiger partial charge in [-0.25, -0.2) is 8.78 Å². The lowest BCUT2D eigenvalue weighted by atomic mass is 9.82. The number of fused-ring (bicyclic) bond motifs is 1. The Morgan fingerprint density at radius 3 is 2.50 bits per heavy atom. The predicted molar refractivity (Wildman–Crippen MR) is 84.7 cm³/mol. The van der Waals surface area contributed by atoms with Gasteiger partial charge in [0.15, 0.2) is 23.2 Å². The van der Waals surface area contributed by atoms with E-state index in [1.165, 1.54) is 12.8 Å².